The van der Waals surface area contributed by atoms with E-state index < -0.39 is 0 Å². The number of fused-ring (bicyclic) bond motifs is 4. The zero-order valence-corrected chi connectivity index (χ0v) is 17.5. The summed E-state index contributed by atoms with van der Waals surface area (Å²) in [6, 6.07) is 34.5. The predicted octanol–water partition coefficient (Wildman–Crippen LogP) is 5.20. The Morgan fingerprint density at radius 1 is 0.645 bits per heavy atom. The molecule has 5 aromatic rings. The van der Waals surface area contributed by atoms with Crippen LogP contribution in [0.5, 0.6) is 0 Å². The van der Waals surface area contributed by atoms with Crippen LogP contribution in [0.3, 0.4) is 0 Å². The van der Waals surface area contributed by atoms with Crippen molar-refractivity contribution in [1.29, 1.82) is 0 Å². The number of para-hydroxylation sites is 2. The van der Waals surface area contributed by atoms with Crippen LogP contribution < -0.4 is 19.1 Å². The third kappa shape index (κ3) is 2.28. The molecule has 2 aliphatic rings. The van der Waals surface area contributed by atoms with E-state index >= 15 is 0 Å². The van der Waals surface area contributed by atoms with Gasteiger partial charge in [-0.3, -0.25) is 4.90 Å². The average Bonchev–Trinajstić information content (AvgIpc) is 3.50. The SMILES string of the molecule is c1ccc(N2c3cccc4c3B(n3cccc32)[n+]2sccc2N4c2ccccc2)cc1. The van der Waals surface area contributed by atoms with Gasteiger partial charge in [-0.1, -0.05) is 42.5 Å². The summed E-state index contributed by atoms with van der Waals surface area (Å²) >= 11 is 1.76. The standard InChI is InChI=1S/C25H18BN4S/c1-3-9-19(10-4-1)28-21-13-7-14-22-25(21)26(27-17-8-15-23(27)28)30-24(16-18-31-30)29(22)20-11-5-2-6-12-20/h1-18H/q+1. The molecule has 3 aromatic carbocycles. The number of anilines is 6. The Bertz CT molecular complexity index is 1310. The van der Waals surface area contributed by atoms with Gasteiger partial charge in [-0.15, -0.1) is 0 Å². The summed E-state index contributed by atoms with van der Waals surface area (Å²) in [5.41, 5.74) is 6.12. The first kappa shape index (κ1) is 17.0. The Labute approximate surface area is 185 Å². The second-order valence-electron chi connectivity index (χ2n) is 7.79. The molecule has 0 bridgehead atoms. The van der Waals surface area contributed by atoms with Gasteiger partial charge in [0, 0.05) is 28.7 Å². The highest BCUT2D eigenvalue weighted by molar-refractivity contribution is 7.02. The third-order valence-electron chi connectivity index (χ3n) is 6.15. The van der Waals surface area contributed by atoms with Crippen molar-refractivity contribution in [2.24, 2.45) is 0 Å². The molecular weight excluding hydrogens is 399 g/mol. The minimum atomic E-state index is 0.103. The Morgan fingerprint density at radius 2 is 1.32 bits per heavy atom. The van der Waals surface area contributed by atoms with Gasteiger partial charge >= 0.3 is 6.98 Å². The quantitative estimate of drug-likeness (QED) is 0.360. The Balaban J connectivity index is 1.56. The number of rotatable bonds is 2. The first-order chi connectivity index (χ1) is 15.4. The van der Waals surface area contributed by atoms with E-state index in [2.05, 4.69) is 127 Å². The average molecular weight is 417 g/mol. The molecular formula is C25H18BN4S+. The molecule has 146 valence electrons. The van der Waals surface area contributed by atoms with Crippen molar-refractivity contribution in [2.75, 3.05) is 9.80 Å². The van der Waals surface area contributed by atoms with Gasteiger partial charge < -0.3 is 4.48 Å². The van der Waals surface area contributed by atoms with E-state index in [0.29, 0.717) is 0 Å². The first-order valence-electron chi connectivity index (χ1n) is 10.4. The smallest absolute Gasteiger partial charge is 0.331 e. The normalized spacial score (nSPS) is 13.6. The molecule has 0 N–H and O–H groups in total. The zero-order valence-electron chi connectivity index (χ0n) is 16.7. The van der Waals surface area contributed by atoms with Crippen LogP contribution in [0.2, 0.25) is 0 Å². The summed E-state index contributed by atoms with van der Waals surface area (Å²) in [6.07, 6.45) is 2.20. The summed E-state index contributed by atoms with van der Waals surface area (Å²) in [7, 11) is 0. The van der Waals surface area contributed by atoms with E-state index in [9.17, 15) is 0 Å². The third-order valence-corrected chi connectivity index (χ3v) is 7.02. The van der Waals surface area contributed by atoms with Crippen molar-refractivity contribution < 1.29 is 3.87 Å². The molecule has 0 saturated carbocycles. The van der Waals surface area contributed by atoms with Crippen molar-refractivity contribution in [2.45, 2.75) is 0 Å². The van der Waals surface area contributed by atoms with Crippen LogP contribution in [0.25, 0.3) is 0 Å². The minimum absolute atomic E-state index is 0.103. The number of benzene rings is 3. The van der Waals surface area contributed by atoms with Gasteiger partial charge in [0.05, 0.1) is 11.2 Å². The summed E-state index contributed by atoms with van der Waals surface area (Å²) < 4.78 is 4.81. The lowest BCUT2D eigenvalue weighted by Crippen LogP contribution is -2.68. The number of aromatic nitrogens is 2. The van der Waals surface area contributed by atoms with Gasteiger partial charge in [0.25, 0.3) is 5.82 Å². The van der Waals surface area contributed by atoms with E-state index in [-0.39, 0.29) is 6.98 Å². The second-order valence-corrected chi connectivity index (χ2v) is 8.67. The molecule has 0 amide bonds. The number of nitrogens with zero attached hydrogens (tertiary/aromatic N) is 4. The summed E-state index contributed by atoms with van der Waals surface area (Å²) in [5, 5.41) is 2.18. The lowest BCUT2D eigenvalue weighted by Gasteiger charge is -2.37. The maximum atomic E-state index is 2.42. The molecule has 2 aromatic heterocycles. The highest BCUT2D eigenvalue weighted by atomic mass is 32.1. The van der Waals surface area contributed by atoms with Crippen molar-refractivity contribution in [3.8, 4) is 0 Å². The summed E-state index contributed by atoms with van der Waals surface area (Å²) in [6.45, 7) is 0.103. The Kier molecular flexibility index (Phi) is 3.48. The Morgan fingerprint density at radius 3 is 2.06 bits per heavy atom. The van der Waals surface area contributed by atoms with E-state index in [1.165, 1.54) is 39.8 Å². The second kappa shape index (κ2) is 6.36. The molecule has 2 aliphatic heterocycles. The molecule has 6 heteroatoms. The van der Waals surface area contributed by atoms with Gasteiger partial charge in [0.15, 0.2) is 0 Å². The first-order valence-corrected chi connectivity index (χ1v) is 11.2. The fraction of sp³-hybridized carbons (Fsp3) is 0. The molecule has 0 atom stereocenters. The largest absolute Gasteiger partial charge is 0.560 e. The van der Waals surface area contributed by atoms with E-state index in [4.69, 9.17) is 0 Å². The molecule has 0 radical (unpaired) electrons. The molecule has 31 heavy (non-hydrogen) atoms. The van der Waals surface area contributed by atoms with Gasteiger partial charge in [0.2, 0.25) is 0 Å². The molecule has 0 unspecified atom stereocenters. The van der Waals surface area contributed by atoms with Crippen molar-refractivity contribution in [3.63, 3.8) is 0 Å². The molecule has 0 saturated heterocycles. The van der Waals surface area contributed by atoms with Crippen LogP contribution in [0.15, 0.2) is 109 Å². The van der Waals surface area contributed by atoms with Crippen LogP contribution in [0.1, 0.15) is 0 Å². The molecule has 4 heterocycles. The van der Waals surface area contributed by atoms with Crippen LogP contribution >= 0.6 is 11.5 Å². The number of hydrogen-bond acceptors (Lipinski definition) is 3. The minimum Gasteiger partial charge on any atom is -0.331 e. The highest BCUT2D eigenvalue weighted by Gasteiger charge is 2.51. The van der Waals surface area contributed by atoms with Gasteiger partial charge in [0.1, 0.15) is 17.2 Å². The van der Waals surface area contributed by atoms with Crippen molar-refractivity contribution in [1.82, 2.24) is 4.48 Å². The predicted molar refractivity (Wildman–Crippen MR) is 128 cm³/mol. The molecule has 0 spiro atoms. The number of hydrogen-bond donors (Lipinski definition) is 0. The van der Waals surface area contributed by atoms with Crippen LogP contribution in [0, 0.1) is 0 Å². The van der Waals surface area contributed by atoms with E-state index in [1.807, 2.05) is 0 Å². The Hall–Kier alpha value is -3.77. The van der Waals surface area contributed by atoms with Gasteiger partial charge in [-0.2, -0.15) is 4.90 Å². The highest BCUT2D eigenvalue weighted by Crippen LogP contribution is 2.43. The molecule has 7 rings (SSSR count). The van der Waals surface area contributed by atoms with E-state index in [1.54, 1.807) is 11.5 Å². The topological polar surface area (TPSA) is 15.3 Å². The summed E-state index contributed by atoms with van der Waals surface area (Å²) in [5.74, 6) is 2.37. The maximum Gasteiger partial charge on any atom is 0.560 e. The monoisotopic (exact) mass is 417 g/mol. The van der Waals surface area contributed by atoms with Crippen LogP contribution in [-0.4, -0.2) is 11.5 Å². The van der Waals surface area contributed by atoms with Crippen molar-refractivity contribution in [3.05, 3.63) is 109 Å². The molecule has 4 nitrogen and oxygen atoms in total. The van der Waals surface area contributed by atoms with E-state index in [0.717, 1.165) is 0 Å². The fourth-order valence-corrected chi connectivity index (χ4v) is 5.82. The van der Waals surface area contributed by atoms with Gasteiger partial charge in [-0.05, 0) is 54.7 Å². The zero-order chi connectivity index (χ0) is 20.4. The lowest BCUT2D eigenvalue weighted by molar-refractivity contribution is -0.444. The summed E-state index contributed by atoms with van der Waals surface area (Å²) in [4.78, 5) is 4.75. The maximum absolute atomic E-state index is 2.42. The van der Waals surface area contributed by atoms with Crippen LogP contribution in [0.4, 0.5) is 34.4 Å². The van der Waals surface area contributed by atoms with Crippen molar-refractivity contribution >= 4 is 58.4 Å². The lowest BCUT2D eigenvalue weighted by atomic mass is 9.63. The van der Waals surface area contributed by atoms with Gasteiger partial charge in [-0.25, -0.2) is 3.87 Å². The molecule has 0 fully saturated rings. The molecule has 0 aliphatic carbocycles. The van der Waals surface area contributed by atoms with Crippen LogP contribution in [-0.2, 0) is 0 Å². The fourth-order valence-electron chi connectivity index (χ4n) is 4.93.